The van der Waals surface area contributed by atoms with Crippen molar-refractivity contribution in [3.05, 3.63) is 11.8 Å². The molecule has 7 nitrogen and oxygen atoms in total. The van der Waals surface area contributed by atoms with Crippen molar-refractivity contribution in [3.63, 3.8) is 0 Å². The largest absolute Gasteiger partial charge is 0.360 e. The Hall–Kier alpha value is -1.57. The zero-order valence-corrected chi connectivity index (χ0v) is 14.5. The normalized spacial score (nSPS) is 11.5. The number of nitrogens with zero attached hydrogens (tertiary/aromatic N) is 3. The first kappa shape index (κ1) is 18.5. The quantitative estimate of drug-likeness (QED) is 0.689. The van der Waals surface area contributed by atoms with E-state index < -0.39 is 10.0 Å². The van der Waals surface area contributed by atoms with Gasteiger partial charge in [0.15, 0.2) is 5.82 Å². The molecule has 1 amide bonds. The fourth-order valence-corrected chi connectivity index (χ4v) is 3.03. The first-order valence-corrected chi connectivity index (χ1v) is 9.33. The highest BCUT2D eigenvalue weighted by atomic mass is 32.2. The predicted octanol–water partition coefficient (Wildman–Crippen LogP) is 1.79. The summed E-state index contributed by atoms with van der Waals surface area (Å²) >= 11 is 0. The maximum absolute atomic E-state index is 12.3. The van der Waals surface area contributed by atoms with Crippen LogP contribution < -0.4 is 4.31 Å². The van der Waals surface area contributed by atoms with E-state index in [0.717, 1.165) is 23.4 Å². The number of hydrogen-bond donors (Lipinski definition) is 0. The number of carbonyl (C=O) groups is 1. The molecule has 0 N–H and O–H groups in total. The summed E-state index contributed by atoms with van der Waals surface area (Å²) in [6.45, 7) is 7.15. The fourth-order valence-electron chi connectivity index (χ4n) is 2.18. The molecule has 1 aromatic heterocycles. The van der Waals surface area contributed by atoms with Crippen LogP contribution >= 0.6 is 0 Å². The SMILES string of the molecule is CCCN(CCC)C(=O)CCN(c1cc(C)on1)S(C)(=O)=O. The Morgan fingerprint density at radius 2 is 1.82 bits per heavy atom. The van der Waals surface area contributed by atoms with Crippen LogP contribution in [0.3, 0.4) is 0 Å². The molecule has 0 unspecified atom stereocenters. The van der Waals surface area contributed by atoms with Crippen LogP contribution in [0.1, 0.15) is 38.9 Å². The summed E-state index contributed by atoms with van der Waals surface area (Å²) < 4.78 is 29.8. The summed E-state index contributed by atoms with van der Waals surface area (Å²) in [5, 5.41) is 3.72. The number of anilines is 1. The predicted molar refractivity (Wildman–Crippen MR) is 85.2 cm³/mol. The minimum atomic E-state index is -3.51. The van der Waals surface area contributed by atoms with Crippen LogP contribution in [-0.2, 0) is 14.8 Å². The Balaban J connectivity index is 2.77. The smallest absolute Gasteiger partial charge is 0.233 e. The van der Waals surface area contributed by atoms with E-state index in [1.165, 1.54) is 0 Å². The molecule has 22 heavy (non-hydrogen) atoms. The van der Waals surface area contributed by atoms with E-state index in [1.54, 1.807) is 17.9 Å². The van der Waals surface area contributed by atoms with Crippen molar-refractivity contribution in [3.8, 4) is 0 Å². The number of aryl methyl sites for hydroxylation is 1. The molecule has 0 radical (unpaired) electrons. The van der Waals surface area contributed by atoms with Gasteiger partial charge in [-0.2, -0.15) is 0 Å². The standard InChI is InChI=1S/C14H25N3O4S/c1-5-8-16(9-6-2)14(18)7-10-17(22(4,19)20)13-11-12(3)21-15-13/h11H,5-10H2,1-4H3. The Kier molecular flexibility index (Phi) is 6.86. The lowest BCUT2D eigenvalue weighted by Crippen LogP contribution is -2.37. The summed E-state index contributed by atoms with van der Waals surface area (Å²) in [7, 11) is -3.51. The third kappa shape index (κ3) is 5.32. The summed E-state index contributed by atoms with van der Waals surface area (Å²) in [5.74, 6) is 0.691. The van der Waals surface area contributed by atoms with E-state index in [-0.39, 0.29) is 24.7 Å². The molecule has 1 rings (SSSR count). The number of sulfonamides is 1. The van der Waals surface area contributed by atoms with Crippen molar-refractivity contribution in [2.24, 2.45) is 0 Å². The van der Waals surface area contributed by atoms with Gasteiger partial charge in [0.25, 0.3) is 0 Å². The van der Waals surface area contributed by atoms with Crippen molar-refractivity contribution in [1.82, 2.24) is 10.1 Å². The second-order valence-electron chi connectivity index (χ2n) is 5.26. The first-order valence-electron chi connectivity index (χ1n) is 7.48. The molecule has 0 aliphatic carbocycles. The minimum Gasteiger partial charge on any atom is -0.360 e. The number of aromatic nitrogens is 1. The Morgan fingerprint density at radius 3 is 2.23 bits per heavy atom. The van der Waals surface area contributed by atoms with Crippen LogP contribution in [0.25, 0.3) is 0 Å². The van der Waals surface area contributed by atoms with Gasteiger partial charge in [-0.15, -0.1) is 0 Å². The lowest BCUT2D eigenvalue weighted by atomic mass is 10.3. The van der Waals surface area contributed by atoms with Gasteiger partial charge in [-0.05, 0) is 19.8 Å². The van der Waals surface area contributed by atoms with Crippen LogP contribution in [0.2, 0.25) is 0 Å². The average Bonchev–Trinajstić information content (AvgIpc) is 2.83. The molecule has 0 atom stereocenters. The third-order valence-corrected chi connectivity index (χ3v) is 4.31. The van der Waals surface area contributed by atoms with Crippen LogP contribution in [0.15, 0.2) is 10.6 Å². The van der Waals surface area contributed by atoms with E-state index in [4.69, 9.17) is 4.52 Å². The number of hydrogen-bond acceptors (Lipinski definition) is 5. The molecule has 0 bridgehead atoms. The highest BCUT2D eigenvalue weighted by molar-refractivity contribution is 7.92. The first-order chi connectivity index (χ1) is 10.3. The third-order valence-electron chi connectivity index (χ3n) is 3.14. The van der Waals surface area contributed by atoms with E-state index in [2.05, 4.69) is 5.16 Å². The molecule has 1 aromatic rings. The maximum Gasteiger partial charge on any atom is 0.233 e. The molecule has 1 heterocycles. The maximum atomic E-state index is 12.3. The second-order valence-corrected chi connectivity index (χ2v) is 7.17. The number of carbonyl (C=O) groups excluding carboxylic acids is 1. The van der Waals surface area contributed by atoms with E-state index in [9.17, 15) is 13.2 Å². The van der Waals surface area contributed by atoms with Crippen molar-refractivity contribution in [2.75, 3.05) is 30.2 Å². The molecule has 0 aromatic carbocycles. The van der Waals surface area contributed by atoms with Crippen molar-refractivity contribution < 1.29 is 17.7 Å². The number of amides is 1. The Labute approximate surface area is 132 Å². The topological polar surface area (TPSA) is 83.7 Å². The molecule has 0 saturated carbocycles. The van der Waals surface area contributed by atoms with Gasteiger partial charge in [0.2, 0.25) is 15.9 Å². The molecule has 0 fully saturated rings. The lowest BCUT2D eigenvalue weighted by molar-refractivity contribution is -0.131. The minimum absolute atomic E-state index is 0.0439. The van der Waals surface area contributed by atoms with Crippen molar-refractivity contribution in [2.45, 2.75) is 40.0 Å². The lowest BCUT2D eigenvalue weighted by Gasteiger charge is -2.24. The fraction of sp³-hybridized carbons (Fsp3) is 0.714. The van der Waals surface area contributed by atoms with Crippen molar-refractivity contribution in [1.29, 1.82) is 0 Å². The van der Waals surface area contributed by atoms with Gasteiger partial charge < -0.3 is 9.42 Å². The highest BCUT2D eigenvalue weighted by Gasteiger charge is 2.23. The van der Waals surface area contributed by atoms with Crippen LogP contribution in [0.4, 0.5) is 5.82 Å². The van der Waals surface area contributed by atoms with E-state index in [0.29, 0.717) is 18.8 Å². The highest BCUT2D eigenvalue weighted by Crippen LogP contribution is 2.17. The summed E-state index contributed by atoms with van der Waals surface area (Å²) in [6.07, 6.45) is 2.98. The van der Waals surface area contributed by atoms with Crippen molar-refractivity contribution >= 4 is 21.7 Å². The van der Waals surface area contributed by atoms with Gasteiger partial charge in [0, 0.05) is 32.1 Å². The Bertz CT molecular complexity index is 577. The zero-order chi connectivity index (χ0) is 16.8. The van der Waals surface area contributed by atoms with Gasteiger partial charge in [-0.25, -0.2) is 8.42 Å². The average molecular weight is 331 g/mol. The molecule has 0 saturated heterocycles. The van der Waals surface area contributed by atoms with Crippen LogP contribution in [0.5, 0.6) is 0 Å². The summed E-state index contributed by atoms with van der Waals surface area (Å²) in [4.78, 5) is 14.0. The van der Waals surface area contributed by atoms with Gasteiger partial charge >= 0.3 is 0 Å². The van der Waals surface area contributed by atoms with Crippen LogP contribution in [0, 0.1) is 6.92 Å². The molecule has 8 heteroatoms. The molecule has 0 aliphatic heterocycles. The zero-order valence-electron chi connectivity index (χ0n) is 13.7. The van der Waals surface area contributed by atoms with Gasteiger partial charge in [-0.1, -0.05) is 19.0 Å². The summed E-state index contributed by atoms with van der Waals surface area (Å²) in [5.41, 5.74) is 0. The van der Waals surface area contributed by atoms with Gasteiger partial charge in [0.05, 0.1) is 6.26 Å². The van der Waals surface area contributed by atoms with E-state index in [1.807, 2.05) is 13.8 Å². The molecular weight excluding hydrogens is 306 g/mol. The summed E-state index contributed by atoms with van der Waals surface area (Å²) in [6, 6.07) is 1.54. The molecule has 126 valence electrons. The second kappa shape index (κ2) is 8.17. The monoisotopic (exact) mass is 331 g/mol. The molecule has 0 aliphatic rings. The van der Waals surface area contributed by atoms with Gasteiger partial charge in [-0.3, -0.25) is 9.10 Å². The molecule has 0 spiro atoms. The van der Waals surface area contributed by atoms with Gasteiger partial charge in [0.1, 0.15) is 5.76 Å². The van der Waals surface area contributed by atoms with Crippen LogP contribution in [-0.4, -0.2) is 50.3 Å². The number of rotatable bonds is 9. The Morgan fingerprint density at radius 1 is 1.23 bits per heavy atom. The van der Waals surface area contributed by atoms with E-state index >= 15 is 0 Å². The molecular formula is C14H25N3O4S.